The van der Waals surface area contributed by atoms with E-state index in [1.165, 1.54) is 35.2 Å². The normalized spacial score (nSPS) is 14.0. The molecular formula is C17H21N3. The summed E-state index contributed by atoms with van der Waals surface area (Å²) in [4.78, 5) is 4.82. The van der Waals surface area contributed by atoms with Gasteiger partial charge in [0.05, 0.1) is 11.9 Å². The molecule has 20 heavy (non-hydrogen) atoms. The number of aliphatic imine (C=N–C) groups is 1. The van der Waals surface area contributed by atoms with Crippen LogP contribution in [0.5, 0.6) is 0 Å². The van der Waals surface area contributed by atoms with Crippen LogP contribution in [0, 0.1) is 0 Å². The highest BCUT2D eigenvalue weighted by molar-refractivity contribution is 5.89. The first-order valence-electron chi connectivity index (χ1n) is 7.44. The molecule has 3 nitrogen and oxygen atoms in total. The van der Waals surface area contributed by atoms with E-state index >= 15 is 0 Å². The van der Waals surface area contributed by atoms with Crippen LogP contribution in [0.3, 0.4) is 0 Å². The Morgan fingerprint density at radius 2 is 2.10 bits per heavy atom. The zero-order valence-corrected chi connectivity index (χ0v) is 12.3. The summed E-state index contributed by atoms with van der Waals surface area (Å²) in [5.41, 5.74) is 6.31. The molecule has 0 bridgehead atoms. The number of fused-ring (bicyclic) bond motifs is 1. The van der Waals surface area contributed by atoms with Crippen LogP contribution in [0.15, 0.2) is 35.6 Å². The van der Waals surface area contributed by atoms with Crippen molar-refractivity contribution in [3.05, 3.63) is 36.2 Å². The Balaban J connectivity index is 1.86. The highest BCUT2D eigenvalue weighted by atomic mass is 15.2. The van der Waals surface area contributed by atoms with Gasteiger partial charge in [0.1, 0.15) is 0 Å². The third-order valence-electron chi connectivity index (χ3n) is 3.90. The molecule has 3 heteroatoms. The lowest BCUT2D eigenvalue weighted by atomic mass is 9.96. The third kappa shape index (κ3) is 2.67. The van der Waals surface area contributed by atoms with Gasteiger partial charge < -0.3 is 0 Å². The van der Waals surface area contributed by atoms with Crippen LogP contribution >= 0.6 is 0 Å². The molecule has 0 saturated heterocycles. The summed E-state index contributed by atoms with van der Waals surface area (Å²) in [5.74, 6) is 0. The average Bonchev–Trinajstić information content (AvgIpc) is 2.91. The second kappa shape index (κ2) is 5.61. The topological polar surface area (TPSA) is 30.2 Å². The van der Waals surface area contributed by atoms with Crippen molar-refractivity contribution in [2.24, 2.45) is 12.0 Å². The van der Waals surface area contributed by atoms with Gasteiger partial charge in [-0.05, 0) is 48.9 Å². The van der Waals surface area contributed by atoms with Crippen LogP contribution in [0.4, 0.5) is 5.69 Å². The van der Waals surface area contributed by atoms with Gasteiger partial charge in [-0.15, -0.1) is 0 Å². The van der Waals surface area contributed by atoms with Crippen molar-refractivity contribution >= 4 is 11.4 Å². The fourth-order valence-electron chi connectivity index (χ4n) is 2.71. The van der Waals surface area contributed by atoms with Crippen LogP contribution < -0.4 is 0 Å². The van der Waals surface area contributed by atoms with E-state index < -0.39 is 0 Å². The Morgan fingerprint density at radius 1 is 1.20 bits per heavy atom. The molecule has 1 aliphatic rings. The van der Waals surface area contributed by atoms with E-state index in [0.717, 1.165) is 24.9 Å². The van der Waals surface area contributed by atoms with Gasteiger partial charge in [-0.1, -0.05) is 19.4 Å². The number of hydrogen-bond acceptors (Lipinski definition) is 2. The Bertz CT molecular complexity index is 637. The van der Waals surface area contributed by atoms with E-state index in [0.29, 0.717) is 0 Å². The predicted molar refractivity (Wildman–Crippen MR) is 83.6 cm³/mol. The number of aryl methyl sites for hydroxylation is 2. The first-order valence-corrected chi connectivity index (χ1v) is 7.44. The van der Waals surface area contributed by atoms with Crippen molar-refractivity contribution in [3.8, 4) is 11.1 Å². The molecule has 0 unspecified atom stereocenters. The molecule has 0 atom stereocenters. The fraction of sp³-hybridized carbons (Fsp3) is 0.412. The number of nitrogens with zero attached hydrogens (tertiary/aromatic N) is 3. The summed E-state index contributed by atoms with van der Waals surface area (Å²) in [6.45, 7) is 2.23. The lowest BCUT2D eigenvalue weighted by Crippen LogP contribution is -2.05. The van der Waals surface area contributed by atoms with Crippen LogP contribution in [0.25, 0.3) is 11.1 Å². The number of aromatic nitrogens is 2. The van der Waals surface area contributed by atoms with Gasteiger partial charge in [-0.3, -0.25) is 9.67 Å². The molecule has 0 fully saturated rings. The standard InChI is InChI=1S/C17H21N3/c1-3-4-5-16-8-6-14-10-13(7-9-17(14)19-16)15-11-18-20(2)12-15/h7,9-12H,3-6,8H2,1-2H3. The van der Waals surface area contributed by atoms with Crippen LogP contribution in [-0.4, -0.2) is 15.5 Å². The molecule has 3 rings (SSSR count). The Kier molecular flexibility index (Phi) is 3.68. The van der Waals surface area contributed by atoms with E-state index in [9.17, 15) is 0 Å². The summed E-state index contributed by atoms with van der Waals surface area (Å²) in [6, 6.07) is 6.58. The maximum Gasteiger partial charge on any atom is 0.0661 e. The molecule has 0 amide bonds. The summed E-state index contributed by atoms with van der Waals surface area (Å²) in [6.07, 6.45) is 9.85. The summed E-state index contributed by atoms with van der Waals surface area (Å²) in [5, 5.41) is 4.24. The lowest BCUT2D eigenvalue weighted by molar-refractivity contribution is 0.768. The first-order chi connectivity index (χ1) is 9.76. The number of benzene rings is 1. The monoisotopic (exact) mass is 267 g/mol. The van der Waals surface area contributed by atoms with Gasteiger partial charge >= 0.3 is 0 Å². The summed E-state index contributed by atoms with van der Waals surface area (Å²) < 4.78 is 1.84. The second-order valence-corrected chi connectivity index (χ2v) is 5.53. The van der Waals surface area contributed by atoms with E-state index in [1.54, 1.807) is 0 Å². The van der Waals surface area contributed by atoms with Crippen LogP contribution in [0.2, 0.25) is 0 Å². The molecule has 1 aromatic carbocycles. The lowest BCUT2D eigenvalue weighted by Gasteiger charge is -2.16. The first kappa shape index (κ1) is 13.1. The van der Waals surface area contributed by atoms with E-state index in [2.05, 4.69) is 36.4 Å². The fourth-order valence-corrected chi connectivity index (χ4v) is 2.71. The Hall–Kier alpha value is -1.90. The van der Waals surface area contributed by atoms with E-state index in [4.69, 9.17) is 4.99 Å². The molecule has 1 aromatic heterocycles. The highest BCUT2D eigenvalue weighted by Gasteiger charge is 2.13. The highest BCUT2D eigenvalue weighted by Crippen LogP contribution is 2.31. The van der Waals surface area contributed by atoms with Crippen molar-refractivity contribution in [2.45, 2.75) is 39.0 Å². The third-order valence-corrected chi connectivity index (χ3v) is 3.90. The van der Waals surface area contributed by atoms with E-state index in [1.807, 2.05) is 17.9 Å². The molecule has 0 saturated carbocycles. The molecule has 0 N–H and O–H groups in total. The molecule has 2 aromatic rings. The minimum Gasteiger partial charge on any atom is -0.275 e. The van der Waals surface area contributed by atoms with Crippen molar-refractivity contribution < 1.29 is 0 Å². The van der Waals surface area contributed by atoms with Crippen LogP contribution in [0.1, 0.15) is 38.2 Å². The molecule has 104 valence electrons. The van der Waals surface area contributed by atoms with Gasteiger partial charge in [0, 0.05) is 24.5 Å². The molecule has 0 aliphatic carbocycles. The molecular weight excluding hydrogens is 246 g/mol. The summed E-state index contributed by atoms with van der Waals surface area (Å²) >= 11 is 0. The molecule has 0 radical (unpaired) electrons. The second-order valence-electron chi connectivity index (χ2n) is 5.53. The van der Waals surface area contributed by atoms with Crippen molar-refractivity contribution in [1.82, 2.24) is 9.78 Å². The largest absolute Gasteiger partial charge is 0.275 e. The number of rotatable bonds is 4. The minimum atomic E-state index is 1.11. The smallest absolute Gasteiger partial charge is 0.0661 e. The van der Waals surface area contributed by atoms with Crippen molar-refractivity contribution in [2.75, 3.05) is 0 Å². The Labute approximate surface area is 120 Å². The maximum atomic E-state index is 4.82. The number of unbranched alkanes of at least 4 members (excludes halogenated alkanes) is 1. The zero-order chi connectivity index (χ0) is 13.9. The molecule has 2 heterocycles. The predicted octanol–water partition coefficient (Wildman–Crippen LogP) is 4.30. The van der Waals surface area contributed by atoms with Crippen molar-refractivity contribution in [1.29, 1.82) is 0 Å². The van der Waals surface area contributed by atoms with Gasteiger partial charge in [0.25, 0.3) is 0 Å². The molecule has 0 spiro atoms. The quantitative estimate of drug-likeness (QED) is 0.812. The minimum absolute atomic E-state index is 1.11. The SMILES string of the molecule is CCCCC1=Nc2ccc(-c3cnn(C)c3)cc2CC1. The van der Waals surface area contributed by atoms with Gasteiger partial charge in [-0.25, -0.2) is 0 Å². The van der Waals surface area contributed by atoms with Crippen molar-refractivity contribution in [3.63, 3.8) is 0 Å². The van der Waals surface area contributed by atoms with E-state index in [-0.39, 0.29) is 0 Å². The average molecular weight is 267 g/mol. The van der Waals surface area contributed by atoms with Gasteiger partial charge in [0.15, 0.2) is 0 Å². The Morgan fingerprint density at radius 3 is 2.85 bits per heavy atom. The molecule has 1 aliphatic heterocycles. The maximum absolute atomic E-state index is 4.82. The van der Waals surface area contributed by atoms with Crippen LogP contribution in [-0.2, 0) is 13.5 Å². The van der Waals surface area contributed by atoms with Gasteiger partial charge in [-0.2, -0.15) is 5.10 Å². The number of hydrogen-bond donors (Lipinski definition) is 0. The summed E-state index contributed by atoms with van der Waals surface area (Å²) in [7, 11) is 1.95. The zero-order valence-electron chi connectivity index (χ0n) is 12.3. The van der Waals surface area contributed by atoms with Gasteiger partial charge in [0.2, 0.25) is 0 Å².